The fourth-order valence-electron chi connectivity index (χ4n) is 1.88. The molecule has 0 aliphatic carbocycles. The molecule has 120 valence electrons. The number of hydrogen-bond donors (Lipinski definition) is 3. The van der Waals surface area contributed by atoms with E-state index in [0.717, 1.165) is 29.5 Å². The first-order valence-corrected chi connectivity index (χ1v) is 7.08. The number of aliphatic imine (C=N–C) groups is 1. The van der Waals surface area contributed by atoms with E-state index in [1.807, 2.05) is 12.1 Å². The highest BCUT2D eigenvalue weighted by molar-refractivity contribution is 14.0. The number of guanidine groups is 1. The summed E-state index contributed by atoms with van der Waals surface area (Å²) in [6, 6.07) is 8.18. The summed E-state index contributed by atoms with van der Waals surface area (Å²) in [5, 5.41) is 13.3. The van der Waals surface area contributed by atoms with E-state index < -0.39 is 0 Å². The summed E-state index contributed by atoms with van der Waals surface area (Å²) in [5.74, 6) is 2.17. The van der Waals surface area contributed by atoms with Crippen LogP contribution in [0.25, 0.3) is 11.4 Å². The van der Waals surface area contributed by atoms with Gasteiger partial charge in [0.1, 0.15) is 6.33 Å². The third-order valence-electron chi connectivity index (χ3n) is 2.98. The minimum absolute atomic E-state index is 0. The number of H-pyrrole nitrogens is 1. The standard InChI is InChI=1S/C15H22N6.HI/c1-11(2)8-17-15(16-3)18-9-12-5-4-6-13(7-12)14-19-10-20-21-14;/h4-7,10-11H,8-9H2,1-3H3,(H2,16,17,18)(H,19,20,21);1H. The van der Waals surface area contributed by atoms with Crippen molar-refractivity contribution < 1.29 is 0 Å². The summed E-state index contributed by atoms with van der Waals surface area (Å²) in [7, 11) is 1.78. The number of aromatic nitrogens is 3. The largest absolute Gasteiger partial charge is 0.356 e. The molecule has 0 bridgehead atoms. The molecule has 0 aliphatic heterocycles. The molecule has 0 spiro atoms. The Kier molecular flexibility index (Phi) is 7.86. The van der Waals surface area contributed by atoms with E-state index in [9.17, 15) is 0 Å². The molecule has 7 heteroatoms. The van der Waals surface area contributed by atoms with Crippen molar-refractivity contribution in [3.63, 3.8) is 0 Å². The second-order valence-corrected chi connectivity index (χ2v) is 5.23. The Labute approximate surface area is 148 Å². The van der Waals surface area contributed by atoms with Gasteiger partial charge in [-0.2, -0.15) is 5.10 Å². The van der Waals surface area contributed by atoms with Gasteiger partial charge in [-0.25, -0.2) is 4.98 Å². The normalized spacial score (nSPS) is 11.2. The summed E-state index contributed by atoms with van der Waals surface area (Å²) >= 11 is 0. The van der Waals surface area contributed by atoms with Gasteiger partial charge in [0.25, 0.3) is 0 Å². The first-order chi connectivity index (χ1) is 10.2. The van der Waals surface area contributed by atoms with Gasteiger partial charge in [0.15, 0.2) is 11.8 Å². The molecule has 1 heterocycles. The van der Waals surface area contributed by atoms with Gasteiger partial charge in [-0.15, -0.1) is 24.0 Å². The molecule has 0 amide bonds. The Morgan fingerprint density at radius 1 is 1.32 bits per heavy atom. The van der Waals surface area contributed by atoms with Crippen LogP contribution in [0.1, 0.15) is 19.4 Å². The number of benzene rings is 1. The highest BCUT2D eigenvalue weighted by Crippen LogP contribution is 2.15. The van der Waals surface area contributed by atoms with E-state index in [-0.39, 0.29) is 24.0 Å². The lowest BCUT2D eigenvalue weighted by atomic mass is 10.1. The summed E-state index contributed by atoms with van der Waals surface area (Å²) < 4.78 is 0. The predicted molar refractivity (Wildman–Crippen MR) is 100 cm³/mol. The quantitative estimate of drug-likeness (QED) is 0.399. The average Bonchev–Trinajstić information content (AvgIpc) is 3.02. The molecule has 0 atom stereocenters. The zero-order valence-electron chi connectivity index (χ0n) is 13.1. The van der Waals surface area contributed by atoms with Gasteiger partial charge in [-0.1, -0.05) is 32.0 Å². The average molecular weight is 414 g/mol. The Hall–Kier alpha value is -1.64. The highest BCUT2D eigenvalue weighted by Gasteiger charge is 2.03. The molecule has 3 N–H and O–H groups in total. The number of nitrogens with one attached hydrogen (secondary N) is 3. The Balaban J connectivity index is 0.00000242. The third kappa shape index (κ3) is 5.63. The van der Waals surface area contributed by atoms with Crippen LogP contribution in [0.5, 0.6) is 0 Å². The molecule has 2 aromatic rings. The van der Waals surface area contributed by atoms with Crippen molar-refractivity contribution in [3.05, 3.63) is 36.2 Å². The Morgan fingerprint density at radius 3 is 2.77 bits per heavy atom. The Morgan fingerprint density at radius 2 is 2.14 bits per heavy atom. The van der Waals surface area contributed by atoms with Gasteiger partial charge in [-0.3, -0.25) is 10.1 Å². The SMILES string of the molecule is CN=C(NCc1cccc(-c2ncn[nH]2)c1)NCC(C)C.I. The molecule has 1 aromatic heterocycles. The lowest BCUT2D eigenvalue weighted by Gasteiger charge is -2.13. The highest BCUT2D eigenvalue weighted by atomic mass is 127. The van der Waals surface area contributed by atoms with Gasteiger partial charge in [-0.05, 0) is 17.5 Å². The molecule has 0 radical (unpaired) electrons. The van der Waals surface area contributed by atoms with E-state index in [1.165, 1.54) is 6.33 Å². The van der Waals surface area contributed by atoms with Gasteiger partial charge in [0, 0.05) is 25.7 Å². The lowest BCUT2D eigenvalue weighted by Crippen LogP contribution is -2.38. The van der Waals surface area contributed by atoms with Gasteiger partial charge >= 0.3 is 0 Å². The summed E-state index contributed by atoms with van der Waals surface area (Å²) in [6.45, 7) is 5.94. The number of nitrogens with zero attached hydrogens (tertiary/aromatic N) is 3. The van der Waals surface area contributed by atoms with Crippen LogP contribution in [0.2, 0.25) is 0 Å². The summed E-state index contributed by atoms with van der Waals surface area (Å²) in [5.41, 5.74) is 2.19. The lowest BCUT2D eigenvalue weighted by molar-refractivity contribution is 0.614. The first kappa shape index (κ1) is 18.4. The Bertz CT molecular complexity index is 579. The maximum absolute atomic E-state index is 4.21. The second-order valence-electron chi connectivity index (χ2n) is 5.23. The van der Waals surface area contributed by atoms with Crippen LogP contribution in [-0.2, 0) is 6.54 Å². The fourth-order valence-corrected chi connectivity index (χ4v) is 1.88. The maximum atomic E-state index is 4.21. The van der Waals surface area contributed by atoms with Crippen LogP contribution in [0.3, 0.4) is 0 Å². The number of aromatic amines is 1. The van der Waals surface area contributed by atoms with Crippen molar-refractivity contribution in [2.45, 2.75) is 20.4 Å². The number of rotatable bonds is 5. The van der Waals surface area contributed by atoms with Crippen LogP contribution < -0.4 is 10.6 Å². The third-order valence-corrected chi connectivity index (χ3v) is 2.98. The van der Waals surface area contributed by atoms with E-state index in [4.69, 9.17) is 0 Å². The summed E-state index contributed by atoms with van der Waals surface area (Å²) in [6.07, 6.45) is 1.51. The van der Waals surface area contributed by atoms with Crippen LogP contribution >= 0.6 is 24.0 Å². The predicted octanol–water partition coefficient (Wildman–Crippen LogP) is 2.41. The van der Waals surface area contributed by atoms with E-state index in [2.05, 4.69) is 56.8 Å². The molecule has 6 nitrogen and oxygen atoms in total. The molecule has 0 unspecified atom stereocenters. The van der Waals surface area contributed by atoms with Crippen LogP contribution in [-0.4, -0.2) is 34.7 Å². The van der Waals surface area contributed by atoms with Crippen molar-refractivity contribution >= 4 is 29.9 Å². The van der Waals surface area contributed by atoms with Gasteiger partial charge < -0.3 is 10.6 Å². The molecule has 2 rings (SSSR count). The fraction of sp³-hybridized carbons (Fsp3) is 0.400. The van der Waals surface area contributed by atoms with E-state index >= 15 is 0 Å². The molecule has 22 heavy (non-hydrogen) atoms. The maximum Gasteiger partial charge on any atom is 0.191 e. The molecule has 0 saturated heterocycles. The molecular weight excluding hydrogens is 391 g/mol. The topological polar surface area (TPSA) is 78.0 Å². The zero-order valence-corrected chi connectivity index (χ0v) is 15.5. The first-order valence-electron chi connectivity index (χ1n) is 7.08. The smallest absolute Gasteiger partial charge is 0.191 e. The van der Waals surface area contributed by atoms with E-state index in [1.54, 1.807) is 7.05 Å². The number of hydrogen-bond acceptors (Lipinski definition) is 3. The monoisotopic (exact) mass is 414 g/mol. The molecule has 0 saturated carbocycles. The van der Waals surface area contributed by atoms with Crippen LogP contribution in [0.4, 0.5) is 0 Å². The molecule has 1 aromatic carbocycles. The van der Waals surface area contributed by atoms with Crippen molar-refractivity contribution in [2.24, 2.45) is 10.9 Å². The van der Waals surface area contributed by atoms with Crippen molar-refractivity contribution in [3.8, 4) is 11.4 Å². The van der Waals surface area contributed by atoms with Crippen molar-refractivity contribution in [1.82, 2.24) is 25.8 Å². The molecular formula is C15H23IN6. The zero-order chi connectivity index (χ0) is 15.1. The van der Waals surface area contributed by atoms with Gasteiger partial charge in [0.05, 0.1) is 0 Å². The van der Waals surface area contributed by atoms with Crippen molar-refractivity contribution in [2.75, 3.05) is 13.6 Å². The summed E-state index contributed by atoms with van der Waals surface area (Å²) in [4.78, 5) is 8.38. The van der Waals surface area contributed by atoms with Crippen LogP contribution in [0, 0.1) is 5.92 Å². The minimum atomic E-state index is 0. The minimum Gasteiger partial charge on any atom is -0.356 e. The molecule has 0 aliphatic rings. The van der Waals surface area contributed by atoms with Gasteiger partial charge in [0.2, 0.25) is 0 Å². The van der Waals surface area contributed by atoms with Crippen molar-refractivity contribution in [1.29, 1.82) is 0 Å². The number of halogens is 1. The molecule has 0 fully saturated rings. The van der Waals surface area contributed by atoms with Crippen LogP contribution in [0.15, 0.2) is 35.6 Å². The second kappa shape index (κ2) is 9.39. The van der Waals surface area contributed by atoms with E-state index in [0.29, 0.717) is 12.5 Å².